The molecule has 1 N–H and O–H groups in total. The van der Waals surface area contributed by atoms with Crippen LogP contribution in [0.1, 0.15) is 29.5 Å². The normalized spacial score (nSPS) is 11.9. The number of aliphatic hydroxyl groups is 1. The van der Waals surface area contributed by atoms with Crippen molar-refractivity contribution in [3.8, 4) is 11.4 Å². The molecule has 0 bridgehead atoms. The Bertz CT molecular complexity index is 1080. The summed E-state index contributed by atoms with van der Waals surface area (Å²) in [7, 11) is 0. The number of thiophene rings is 1. The van der Waals surface area contributed by atoms with E-state index in [1.165, 1.54) is 11.3 Å². The molecule has 31 heavy (non-hydrogen) atoms. The number of rotatable bonds is 9. The van der Waals surface area contributed by atoms with E-state index in [9.17, 15) is 9.90 Å². The van der Waals surface area contributed by atoms with E-state index in [-0.39, 0.29) is 18.9 Å². The summed E-state index contributed by atoms with van der Waals surface area (Å²) in [5, 5.41) is 18.4. The first-order chi connectivity index (χ1) is 15.2. The number of amides is 1. The third-order valence-corrected chi connectivity index (χ3v) is 5.53. The van der Waals surface area contributed by atoms with Gasteiger partial charge in [-0.1, -0.05) is 35.5 Å². The lowest BCUT2D eigenvalue weighted by Gasteiger charge is -2.25. The Labute approximate surface area is 184 Å². The van der Waals surface area contributed by atoms with Gasteiger partial charge in [-0.3, -0.25) is 9.78 Å². The van der Waals surface area contributed by atoms with Crippen molar-refractivity contribution in [2.24, 2.45) is 0 Å². The Morgan fingerprint density at radius 1 is 1.16 bits per heavy atom. The van der Waals surface area contributed by atoms with E-state index in [0.29, 0.717) is 24.7 Å². The molecule has 8 heteroatoms. The second-order valence-corrected chi connectivity index (χ2v) is 7.87. The lowest BCUT2D eigenvalue weighted by Crippen LogP contribution is -2.34. The molecule has 0 saturated carbocycles. The van der Waals surface area contributed by atoms with Crippen LogP contribution in [-0.2, 0) is 17.8 Å². The molecule has 0 spiro atoms. The van der Waals surface area contributed by atoms with Crippen LogP contribution in [0, 0.1) is 0 Å². The zero-order chi connectivity index (χ0) is 21.5. The molecule has 0 saturated heterocycles. The van der Waals surface area contributed by atoms with Gasteiger partial charge in [0.1, 0.15) is 0 Å². The average Bonchev–Trinajstić information content (AvgIpc) is 3.51. The summed E-state index contributed by atoms with van der Waals surface area (Å²) in [5.41, 5.74) is 2.58. The van der Waals surface area contributed by atoms with Crippen molar-refractivity contribution in [3.05, 3.63) is 88.7 Å². The molecule has 1 amide bonds. The van der Waals surface area contributed by atoms with Gasteiger partial charge in [-0.15, -0.1) is 0 Å². The number of aromatic nitrogens is 3. The SMILES string of the molecule is O=C(CCc1nc(-c2cccnc2)no1)N(Cc1ccccc1)C[C@@H](O)c1ccsc1. The van der Waals surface area contributed by atoms with Crippen molar-refractivity contribution in [1.82, 2.24) is 20.0 Å². The van der Waals surface area contributed by atoms with Crippen molar-refractivity contribution >= 4 is 17.2 Å². The fourth-order valence-corrected chi connectivity index (χ4v) is 3.88. The van der Waals surface area contributed by atoms with Gasteiger partial charge >= 0.3 is 0 Å². The van der Waals surface area contributed by atoms with Crippen molar-refractivity contribution < 1.29 is 14.4 Å². The van der Waals surface area contributed by atoms with Gasteiger partial charge in [0.15, 0.2) is 0 Å². The van der Waals surface area contributed by atoms with Gasteiger partial charge < -0.3 is 14.5 Å². The number of hydrogen-bond donors (Lipinski definition) is 1. The second kappa shape index (κ2) is 10.1. The van der Waals surface area contributed by atoms with Crippen LogP contribution in [0.15, 0.2) is 76.2 Å². The highest BCUT2D eigenvalue weighted by Crippen LogP contribution is 2.20. The molecule has 0 unspecified atom stereocenters. The van der Waals surface area contributed by atoms with Gasteiger partial charge in [0.25, 0.3) is 0 Å². The third-order valence-electron chi connectivity index (χ3n) is 4.83. The second-order valence-electron chi connectivity index (χ2n) is 7.09. The monoisotopic (exact) mass is 434 g/mol. The van der Waals surface area contributed by atoms with Crippen LogP contribution in [0.5, 0.6) is 0 Å². The first-order valence-corrected chi connectivity index (χ1v) is 10.9. The smallest absolute Gasteiger partial charge is 0.227 e. The predicted molar refractivity (Wildman–Crippen MR) is 117 cm³/mol. The van der Waals surface area contributed by atoms with Gasteiger partial charge in [0.2, 0.25) is 17.6 Å². The fraction of sp³-hybridized carbons (Fsp3) is 0.217. The molecule has 0 radical (unpaired) electrons. The minimum absolute atomic E-state index is 0.0840. The van der Waals surface area contributed by atoms with Crippen molar-refractivity contribution in [2.45, 2.75) is 25.5 Å². The fourth-order valence-electron chi connectivity index (χ4n) is 3.18. The topological polar surface area (TPSA) is 92.3 Å². The summed E-state index contributed by atoms with van der Waals surface area (Å²) in [6.07, 6.45) is 3.13. The van der Waals surface area contributed by atoms with Gasteiger partial charge in [-0.25, -0.2) is 0 Å². The minimum Gasteiger partial charge on any atom is -0.387 e. The zero-order valence-electron chi connectivity index (χ0n) is 16.8. The van der Waals surface area contributed by atoms with E-state index in [4.69, 9.17) is 4.52 Å². The predicted octanol–water partition coefficient (Wildman–Crippen LogP) is 3.89. The Morgan fingerprint density at radius 2 is 2.03 bits per heavy atom. The maximum absolute atomic E-state index is 13.0. The van der Waals surface area contributed by atoms with Crippen molar-refractivity contribution in [1.29, 1.82) is 0 Å². The van der Waals surface area contributed by atoms with E-state index < -0.39 is 6.10 Å². The van der Waals surface area contributed by atoms with E-state index in [2.05, 4.69) is 15.1 Å². The highest BCUT2D eigenvalue weighted by atomic mass is 32.1. The number of carbonyl (C=O) groups is 1. The average molecular weight is 435 g/mol. The standard InChI is InChI=1S/C23H22N4O3S/c28-20(19-10-12-31-16-19)15-27(14-17-5-2-1-3-6-17)22(29)9-8-21-25-23(26-30-21)18-7-4-11-24-13-18/h1-7,10-13,16,20,28H,8-9,14-15H2/t20-/m1/s1. The van der Waals surface area contributed by atoms with E-state index in [1.54, 1.807) is 23.4 Å². The molecule has 3 aromatic heterocycles. The molecular weight excluding hydrogens is 412 g/mol. The number of nitrogens with zero attached hydrogens (tertiary/aromatic N) is 4. The quantitative estimate of drug-likeness (QED) is 0.430. The first kappa shape index (κ1) is 20.9. The Hall–Kier alpha value is -3.36. The molecule has 0 aliphatic rings. The Balaban J connectivity index is 1.42. The summed E-state index contributed by atoms with van der Waals surface area (Å²) in [4.78, 5) is 23.1. The van der Waals surface area contributed by atoms with Crippen LogP contribution in [0.25, 0.3) is 11.4 Å². The number of aliphatic hydroxyl groups excluding tert-OH is 1. The van der Waals surface area contributed by atoms with Crippen LogP contribution < -0.4 is 0 Å². The maximum Gasteiger partial charge on any atom is 0.227 e. The summed E-state index contributed by atoms with van der Waals surface area (Å²) in [5.74, 6) is 0.758. The number of benzene rings is 1. The molecule has 1 aromatic carbocycles. The molecule has 4 aromatic rings. The van der Waals surface area contributed by atoms with Crippen LogP contribution in [-0.4, -0.2) is 37.6 Å². The van der Waals surface area contributed by atoms with Crippen LogP contribution in [0.2, 0.25) is 0 Å². The molecule has 3 heterocycles. The Morgan fingerprint density at radius 3 is 2.77 bits per heavy atom. The molecule has 1 atom stereocenters. The van der Waals surface area contributed by atoms with Gasteiger partial charge in [-0.2, -0.15) is 16.3 Å². The molecule has 0 aliphatic heterocycles. The maximum atomic E-state index is 13.0. The summed E-state index contributed by atoms with van der Waals surface area (Å²) in [6.45, 7) is 0.640. The Kier molecular flexibility index (Phi) is 6.81. The highest BCUT2D eigenvalue weighted by Gasteiger charge is 2.20. The number of carbonyl (C=O) groups excluding carboxylic acids is 1. The van der Waals surface area contributed by atoms with Crippen LogP contribution in [0.3, 0.4) is 0 Å². The number of hydrogen-bond acceptors (Lipinski definition) is 7. The minimum atomic E-state index is -0.737. The molecular formula is C23H22N4O3S. The molecule has 0 fully saturated rings. The van der Waals surface area contributed by atoms with Gasteiger partial charge in [0, 0.05) is 37.3 Å². The molecule has 0 aliphatic carbocycles. The lowest BCUT2D eigenvalue weighted by molar-refractivity contribution is -0.133. The summed E-state index contributed by atoms with van der Waals surface area (Å²) < 4.78 is 5.30. The molecule has 158 valence electrons. The van der Waals surface area contributed by atoms with E-state index in [1.807, 2.05) is 53.2 Å². The van der Waals surface area contributed by atoms with E-state index in [0.717, 1.165) is 16.7 Å². The summed E-state index contributed by atoms with van der Waals surface area (Å²) >= 11 is 1.52. The van der Waals surface area contributed by atoms with Crippen molar-refractivity contribution in [3.63, 3.8) is 0 Å². The van der Waals surface area contributed by atoms with Crippen LogP contribution >= 0.6 is 11.3 Å². The number of pyridine rings is 1. The van der Waals surface area contributed by atoms with Crippen molar-refractivity contribution in [2.75, 3.05) is 6.54 Å². The first-order valence-electron chi connectivity index (χ1n) is 9.94. The zero-order valence-corrected chi connectivity index (χ0v) is 17.6. The number of aryl methyl sites for hydroxylation is 1. The third kappa shape index (κ3) is 5.62. The highest BCUT2D eigenvalue weighted by molar-refractivity contribution is 7.07. The van der Waals surface area contributed by atoms with Gasteiger partial charge in [0.05, 0.1) is 12.6 Å². The van der Waals surface area contributed by atoms with Crippen LogP contribution in [0.4, 0.5) is 0 Å². The largest absolute Gasteiger partial charge is 0.387 e. The molecule has 7 nitrogen and oxygen atoms in total. The summed E-state index contributed by atoms with van der Waals surface area (Å²) in [6, 6.07) is 15.3. The van der Waals surface area contributed by atoms with Gasteiger partial charge in [-0.05, 0) is 40.1 Å². The lowest BCUT2D eigenvalue weighted by atomic mass is 10.1. The van der Waals surface area contributed by atoms with E-state index >= 15 is 0 Å². The molecule has 4 rings (SSSR count).